The molecule has 0 aromatic carbocycles. The van der Waals surface area contributed by atoms with Crippen molar-refractivity contribution in [3.05, 3.63) is 0 Å². The number of carbonyl (C=O) groups is 1. The largest absolute Gasteiger partial charge is 0.338 e. The average molecular weight is 242 g/mol. The minimum absolute atomic E-state index is 0.0903. The highest BCUT2D eigenvalue weighted by Crippen LogP contribution is 2.03. The molecule has 1 aliphatic heterocycles. The van der Waals surface area contributed by atoms with Crippen molar-refractivity contribution in [1.82, 2.24) is 15.1 Å². The van der Waals surface area contributed by atoms with Gasteiger partial charge in [0.25, 0.3) is 0 Å². The maximum absolute atomic E-state index is 11.8. The van der Waals surface area contributed by atoms with Crippen LogP contribution in [0.1, 0.15) is 26.2 Å². The zero-order valence-electron chi connectivity index (χ0n) is 11.0. The van der Waals surface area contributed by atoms with Crippen LogP contribution in [-0.2, 0) is 0 Å². The maximum Gasteiger partial charge on any atom is 0.317 e. The predicted molar refractivity (Wildman–Crippen MR) is 70.0 cm³/mol. The lowest BCUT2D eigenvalue weighted by molar-refractivity contribution is 0.198. The van der Waals surface area contributed by atoms with E-state index in [1.54, 1.807) is 0 Å². The fourth-order valence-corrected chi connectivity index (χ4v) is 2.06. The second-order valence-electron chi connectivity index (χ2n) is 4.56. The molecule has 1 saturated heterocycles. The summed E-state index contributed by atoms with van der Waals surface area (Å²) >= 11 is 0. The van der Waals surface area contributed by atoms with E-state index < -0.39 is 0 Å². The highest BCUT2D eigenvalue weighted by atomic mass is 16.2. The molecular weight excluding hydrogens is 216 g/mol. The van der Waals surface area contributed by atoms with Crippen molar-refractivity contribution in [1.29, 1.82) is 0 Å². The number of nitrogens with zero attached hydrogens (tertiary/aromatic N) is 2. The third-order valence-electron chi connectivity index (χ3n) is 3.08. The molecule has 1 rings (SSSR count). The molecule has 1 fully saturated rings. The highest BCUT2D eigenvalue weighted by molar-refractivity contribution is 5.74. The van der Waals surface area contributed by atoms with E-state index in [4.69, 9.17) is 5.73 Å². The number of rotatable bonds is 5. The number of carbonyl (C=O) groups excluding carboxylic acids is 1. The van der Waals surface area contributed by atoms with Crippen molar-refractivity contribution in [3.63, 3.8) is 0 Å². The van der Waals surface area contributed by atoms with Gasteiger partial charge < -0.3 is 20.9 Å². The molecule has 1 heterocycles. The molecule has 5 heteroatoms. The van der Waals surface area contributed by atoms with Crippen molar-refractivity contribution in [2.75, 3.05) is 45.8 Å². The van der Waals surface area contributed by atoms with E-state index in [9.17, 15) is 4.79 Å². The number of amides is 2. The van der Waals surface area contributed by atoms with Crippen LogP contribution in [-0.4, -0.2) is 61.6 Å². The van der Waals surface area contributed by atoms with Crippen LogP contribution in [0.5, 0.6) is 0 Å². The minimum atomic E-state index is 0.0903. The molecule has 0 radical (unpaired) electrons. The molecule has 3 N–H and O–H groups in total. The Hall–Kier alpha value is -0.810. The van der Waals surface area contributed by atoms with Gasteiger partial charge >= 0.3 is 6.03 Å². The van der Waals surface area contributed by atoms with Crippen LogP contribution < -0.4 is 11.1 Å². The van der Waals surface area contributed by atoms with Gasteiger partial charge in [0.1, 0.15) is 0 Å². The smallest absolute Gasteiger partial charge is 0.317 e. The molecule has 0 aromatic rings. The Bertz CT molecular complexity index is 223. The van der Waals surface area contributed by atoms with Crippen molar-refractivity contribution in [2.24, 2.45) is 5.73 Å². The van der Waals surface area contributed by atoms with Gasteiger partial charge in [-0.3, -0.25) is 0 Å². The van der Waals surface area contributed by atoms with Crippen molar-refractivity contribution >= 4 is 6.03 Å². The second kappa shape index (κ2) is 8.31. The standard InChI is InChI=1S/C12H26N4O/c1-2-6-14-12(17)16-9-4-8-15(10-11-16)7-3-5-13/h2-11,13H2,1H3,(H,14,17). The van der Waals surface area contributed by atoms with Crippen LogP contribution in [0.4, 0.5) is 4.79 Å². The van der Waals surface area contributed by atoms with Crippen LogP contribution in [0.2, 0.25) is 0 Å². The molecule has 0 aliphatic carbocycles. The van der Waals surface area contributed by atoms with Gasteiger partial charge in [0, 0.05) is 26.2 Å². The fourth-order valence-electron chi connectivity index (χ4n) is 2.06. The van der Waals surface area contributed by atoms with E-state index in [1.165, 1.54) is 0 Å². The molecule has 5 nitrogen and oxygen atoms in total. The van der Waals surface area contributed by atoms with Crippen LogP contribution in [0.3, 0.4) is 0 Å². The lowest BCUT2D eigenvalue weighted by Crippen LogP contribution is -2.42. The molecule has 0 spiro atoms. The van der Waals surface area contributed by atoms with Gasteiger partial charge in [-0.05, 0) is 38.9 Å². The number of urea groups is 1. The molecule has 17 heavy (non-hydrogen) atoms. The Labute approximate surface area is 104 Å². The molecule has 1 aliphatic rings. The van der Waals surface area contributed by atoms with E-state index in [0.717, 1.165) is 65.1 Å². The van der Waals surface area contributed by atoms with E-state index in [0.29, 0.717) is 0 Å². The summed E-state index contributed by atoms with van der Waals surface area (Å²) < 4.78 is 0. The molecule has 0 saturated carbocycles. The zero-order valence-corrected chi connectivity index (χ0v) is 11.0. The lowest BCUT2D eigenvalue weighted by atomic mass is 10.3. The van der Waals surface area contributed by atoms with Gasteiger partial charge in [-0.25, -0.2) is 4.79 Å². The van der Waals surface area contributed by atoms with Crippen molar-refractivity contribution in [3.8, 4) is 0 Å². The number of hydrogen-bond donors (Lipinski definition) is 2. The number of nitrogens with one attached hydrogen (secondary N) is 1. The lowest BCUT2D eigenvalue weighted by Gasteiger charge is -2.22. The Morgan fingerprint density at radius 2 is 2.12 bits per heavy atom. The third kappa shape index (κ3) is 5.37. The SMILES string of the molecule is CCCNC(=O)N1CCCN(CCCN)CC1. The van der Waals surface area contributed by atoms with Gasteiger partial charge in [0.05, 0.1) is 0 Å². The molecule has 2 amide bonds. The summed E-state index contributed by atoms with van der Waals surface area (Å²) in [6, 6.07) is 0.0903. The molecule has 0 unspecified atom stereocenters. The first-order valence-corrected chi connectivity index (χ1v) is 6.73. The molecule has 100 valence electrons. The summed E-state index contributed by atoms with van der Waals surface area (Å²) in [6.45, 7) is 8.40. The maximum atomic E-state index is 11.8. The summed E-state index contributed by atoms with van der Waals surface area (Å²) in [5.74, 6) is 0. The quantitative estimate of drug-likeness (QED) is 0.736. The van der Waals surface area contributed by atoms with Crippen molar-refractivity contribution in [2.45, 2.75) is 26.2 Å². The van der Waals surface area contributed by atoms with Gasteiger partial charge in [-0.2, -0.15) is 0 Å². The Morgan fingerprint density at radius 1 is 1.29 bits per heavy atom. The van der Waals surface area contributed by atoms with Crippen LogP contribution in [0.25, 0.3) is 0 Å². The Balaban J connectivity index is 2.28. The first-order valence-electron chi connectivity index (χ1n) is 6.73. The predicted octanol–water partition coefficient (Wildman–Crippen LogP) is 0.463. The molecule has 0 aromatic heterocycles. The third-order valence-corrected chi connectivity index (χ3v) is 3.08. The summed E-state index contributed by atoms with van der Waals surface area (Å²) in [5.41, 5.74) is 5.51. The van der Waals surface area contributed by atoms with Gasteiger partial charge in [0.2, 0.25) is 0 Å². The van der Waals surface area contributed by atoms with Crippen LogP contribution in [0, 0.1) is 0 Å². The van der Waals surface area contributed by atoms with Crippen LogP contribution >= 0.6 is 0 Å². The molecular formula is C12H26N4O. The van der Waals surface area contributed by atoms with E-state index in [1.807, 2.05) is 4.90 Å². The summed E-state index contributed by atoms with van der Waals surface area (Å²) in [6.07, 6.45) is 3.09. The number of hydrogen-bond acceptors (Lipinski definition) is 3. The molecule has 0 bridgehead atoms. The number of nitrogens with two attached hydrogens (primary N) is 1. The van der Waals surface area contributed by atoms with E-state index >= 15 is 0 Å². The fraction of sp³-hybridized carbons (Fsp3) is 0.917. The Morgan fingerprint density at radius 3 is 2.82 bits per heavy atom. The second-order valence-corrected chi connectivity index (χ2v) is 4.56. The Kier molecular flexibility index (Phi) is 6.96. The topological polar surface area (TPSA) is 61.6 Å². The van der Waals surface area contributed by atoms with E-state index in [2.05, 4.69) is 17.1 Å². The average Bonchev–Trinajstić information content (AvgIpc) is 2.59. The van der Waals surface area contributed by atoms with Gasteiger partial charge in [-0.1, -0.05) is 6.92 Å². The first-order chi connectivity index (χ1) is 8.27. The highest BCUT2D eigenvalue weighted by Gasteiger charge is 2.17. The normalized spacial score (nSPS) is 17.9. The summed E-state index contributed by atoms with van der Waals surface area (Å²) in [5, 5.41) is 2.94. The molecule has 0 atom stereocenters. The zero-order chi connectivity index (χ0) is 12.5. The summed E-state index contributed by atoms with van der Waals surface area (Å²) in [4.78, 5) is 16.1. The van der Waals surface area contributed by atoms with E-state index in [-0.39, 0.29) is 6.03 Å². The van der Waals surface area contributed by atoms with Crippen molar-refractivity contribution < 1.29 is 4.79 Å². The first kappa shape index (κ1) is 14.3. The van der Waals surface area contributed by atoms with Gasteiger partial charge in [-0.15, -0.1) is 0 Å². The minimum Gasteiger partial charge on any atom is -0.338 e. The van der Waals surface area contributed by atoms with Crippen LogP contribution in [0.15, 0.2) is 0 Å². The van der Waals surface area contributed by atoms with Gasteiger partial charge in [0.15, 0.2) is 0 Å². The monoisotopic (exact) mass is 242 g/mol. The summed E-state index contributed by atoms with van der Waals surface area (Å²) in [7, 11) is 0.